The number of hydrogen-bond acceptors (Lipinski definition) is 8. The average molecular weight is 480 g/mol. The minimum atomic E-state index is -0.129. The van der Waals surface area contributed by atoms with Crippen LogP contribution in [0.1, 0.15) is 10.4 Å². The Morgan fingerprint density at radius 3 is 2.26 bits per heavy atom. The molecule has 0 N–H and O–H groups in total. The van der Waals surface area contributed by atoms with Crippen LogP contribution in [0, 0.1) is 0 Å². The number of anilines is 1. The molecule has 0 unspecified atom stereocenters. The van der Waals surface area contributed by atoms with E-state index in [1.54, 1.807) is 54.1 Å². The van der Waals surface area contributed by atoms with Crippen molar-refractivity contribution in [2.75, 3.05) is 45.3 Å². The van der Waals surface area contributed by atoms with E-state index in [2.05, 4.69) is 25.2 Å². The third-order valence-corrected chi connectivity index (χ3v) is 6.05. The minimum absolute atomic E-state index is 0.129. The molecule has 5 rings (SSSR count). The van der Waals surface area contributed by atoms with Gasteiger partial charge in [0.05, 0.1) is 19.9 Å². The van der Waals surface area contributed by atoms with Crippen LogP contribution in [-0.2, 0) is 0 Å². The topological polar surface area (TPSA) is 98.5 Å². The molecule has 0 atom stereocenters. The van der Waals surface area contributed by atoms with Crippen molar-refractivity contribution >= 4 is 34.5 Å². The Balaban J connectivity index is 1.37. The molecule has 0 radical (unpaired) electrons. The highest BCUT2D eigenvalue weighted by Crippen LogP contribution is 2.30. The second-order valence-corrected chi connectivity index (χ2v) is 8.10. The maximum absolute atomic E-state index is 13.3. The molecule has 1 aliphatic rings. The Bertz CT molecular complexity index is 1310. The molecule has 10 nitrogen and oxygen atoms in total. The molecule has 1 saturated heterocycles. The quantitative estimate of drug-likeness (QED) is 0.431. The van der Waals surface area contributed by atoms with Crippen molar-refractivity contribution in [3.05, 3.63) is 59.4 Å². The molecular formula is C23H22ClN7O3. The standard InChI is InChI=1S/C23H22ClN7O3/c1-33-17-4-3-5-18(34-2)19(17)23(32)30-12-10-29(11-13-30)21-20-22(26-14-25-21)31(28-27-20)16-8-6-15(24)7-9-16/h3-9,14H,10-13H2,1-2H3. The van der Waals surface area contributed by atoms with Crippen LogP contribution < -0.4 is 14.4 Å². The number of halogens is 1. The number of benzene rings is 2. The van der Waals surface area contributed by atoms with Crippen LogP contribution in [0.4, 0.5) is 5.82 Å². The monoisotopic (exact) mass is 479 g/mol. The van der Waals surface area contributed by atoms with Crippen LogP contribution in [0.5, 0.6) is 11.5 Å². The lowest BCUT2D eigenvalue weighted by atomic mass is 10.1. The summed E-state index contributed by atoms with van der Waals surface area (Å²) in [5.41, 5.74) is 2.43. The van der Waals surface area contributed by atoms with Gasteiger partial charge in [-0.1, -0.05) is 22.9 Å². The van der Waals surface area contributed by atoms with Gasteiger partial charge < -0.3 is 19.3 Å². The summed E-state index contributed by atoms with van der Waals surface area (Å²) in [4.78, 5) is 26.0. The number of fused-ring (bicyclic) bond motifs is 1. The van der Waals surface area contributed by atoms with Gasteiger partial charge in [-0.2, -0.15) is 4.68 Å². The molecule has 1 amide bonds. The van der Waals surface area contributed by atoms with Crippen molar-refractivity contribution in [1.82, 2.24) is 29.9 Å². The van der Waals surface area contributed by atoms with E-state index in [-0.39, 0.29) is 5.91 Å². The van der Waals surface area contributed by atoms with Gasteiger partial charge in [0.15, 0.2) is 17.0 Å². The van der Waals surface area contributed by atoms with Crippen LogP contribution in [0.15, 0.2) is 48.8 Å². The fraction of sp³-hybridized carbons (Fsp3) is 0.261. The van der Waals surface area contributed by atoms with Gasteiger partial charge in [-0.3, -0.25) is 4.79 Å². The van der Waals surface area contributed by atoms with Crippen LogP contribution in [-0.4, -0.2) is 76.2 Å². The molecule has 174 valence electrons. The third kappa shape index (κ3) is 3.86. The molecular weight excluding hydrogens is 458 g/mol. The highest BCUT2D eigenvalue weighted by molar-refractivity contribution is 6.30. The Morgan fingerprint density at radius 1 is 0.941 bits per heavy atom. The molecule has 34 heavy (non-hydrogen) atoms. The van der Waals surface area contributed by atoms with E-state index in [0.29, 0.717) is 65.2 Å². The van der Waals surface area contributed by atoms with Crippen LogP contribution >= 0.6 is 11.6 Å². The first-order valence-electron chi connectivity index (χ1n) is 10.7. The van der Waals surface area contributed by atoms with E-state index in [1.807, 2.05) is 12.1 Å². The number of ether oxygens (including phenoxy) is 2. The number of carbonyl (C=O) groups excluding carboxylic acids is 1. The zero-order valence-electron chi connectivity index (χ0n) is 18.7. The number of hydrogen-bond donors (Lipinski definition) is 0. The van der Waals surface area contributed by atoms with Crippen LogP contribution in [0.2, 0.25) is 5.02 Å². The lowest BCUT2D eigenvalue weighted by Gasteiger charge is -2.35. The maximum atomic E-state index is 13.3. The average Bonchev–Trinajstić information content (AvgIpc) is 3.32. The maximum Gasteiger partial charge on any atom is 0.261 e. The van der Waals surface area contributed by atoms with E-state index in [0.717, 1.165) is 5.69 Å². The van der Waals surface area contributed by atoms with Crippen LogP contribution in [0.25, 0.3) is 16.9 Å². The van der Waals surface area contributed by atoms with Crippen molar-refractivity contribution < 1.29 is 14.3 Å². The summed E-state index contributed by atoms with van der Waals surface area (Å²) in [6.07, 6.45) is 1.50. The molecule has 0 bridgehead atoms. The summed E-state index contributed by atoms with van der Waals surface area (Å²) in [5, 5.41) is 9.25. The van der Waals surface area contributed by atoms with Gasteiger partial charge in [0.1, 0.15) is 23.4 Å². The summed E-state index contributed by atoms with van der Waals surface area (Å²) in [6, 6.07) is 12.6. The van der Waals surface area contributed by atoms with E-state index >= 15 is 0 Å². The molecule has 0 aliphatic carbocycles. The molecule has 4 aromatic rings. The summed E-state index contributed by atoms with van der Waals surface area (Å²) in [6.45, 7) is 2.19. The van der Waals surface area contributed by atoms with Gasteiger partial charge in [0.2, 0.25) is 0 Å². The highest BCUT2D eigenvalue weighted by atomic mass is 35.5. The molecule has 1 aliphatic heterocycles. The first kappa shape index (κ1) is 21.9. The fourth-order valence-electron chi connectivity index (χ4n) is 4.07. The molecule has 2 aromatic carbocycles. The highest BCUT2D eigenvalue weighted by Gasteiger charge is 2.28. The molecule has 11 heteroatoms. The Kier molecular flexibility index (Phi) is 5.89. The second kappa shape index (κ2) is 9.14. The van der Waals surface area contributed by atoms with Gasteiger partial charge >= 0.3 is 0 Å². The molecule has 0 spiro atoms. The molecule has 1 fully saturated rings. The van der Waals surface area contributed by atoms with E-state index in [9.17, 15) is 4.79 Å². The Labute approximate surface area is 200 Å². The molecule has 2 aromatic heterocycles. The largest absolute Gasteiger partial charge is 0.496 e. The summed E-state index contributed by atoms with van der Waals surface area (Å²) < 4.78 is 12.5. The van der Waals surface area contributed by atoms with E-state index in [4.69, 9.17) is 21.1 Å². The second-order valence-electron chi connectivity index (χ2n) is 7.66. The van der Waals surface area contributed by atoms with Crippen molar-refractivity contribution in [3.63, 3.8) is 0 Å². The summed E-state index contributed by atoms with van der Waals surface area (Å²) in [7, 11) is 3.09. The van der Waals surface area contributed by atoms with Crippen molar-refractivity contribution in [2.45, 2.75) is 0 Å². The smallest absolute Gasteiger partial charge is 0.261 e. The number of amides is 1. The lowest BCUT2D eigenvalue weighted by Crippen LogP contribution is -2.49. The Hall–Kier alpha value is -3.92. The molecule has 3 heterocycles. The first-order valence-corrected chi connectivity index (χ1v) is 11.1. The SMILES string of the molecule is COc1cccc(OC)c1C(=O)N1CCN(c2ncnc3c2nnn3-c2ccc(Cl)cc2)CC1. The number of aromatic nitrogens is 5. The fourth-order valence-corrected chi connectivity index (χ4v) is 4.19. The first-order chi connectivity index (χ1) is 16.6. The van der Waals surface area contributed by atoms with Crippen molar-refractivity contribution in [2.24, 2.45) is 0 Å². The molecule has 0 saturated carbocycles. The predicted octanol–water partition coefficient (Wildman–Crippen LogP) is 2.84. The zero-order valence-corrected chi connectivity index (χ0v) is 19.4. The minimum Gasteiger partial charge on any atom is -0.496 e. The number of nitrogens with zero attached hydrogens (tertiary/aromatic N) is 7. The van der Waals surface area contributed by atoms with E-state index in [1.165, 1.54) is 6.33 Å². The zero-order chi connectivity index (χ0) is 23.7. The van der Waals surface area contributed by atoms with Crippen LogP contribution in [0.3, 0.4) is 0 Å². The van der Waals surface area contributed by atoms with E-state index < -0.39 is 0 Å². The predicted molar refractivity (Wildman–Crippen MR) is 127 cm³/mol. The van der Waals surface area contributed by atoms with Crippen molar-refractivity contribution in [3.8, 4) is 17.2 Å². The van der Waals surface area contributed by atoms with Gasteiger partial charge in [0, 0.05) is 31.2 Å². The van der Waals surface area contributed by atoms with Gasteiger partial charge in [0.25, 0.3) is 5.91 Å². The summed E-state index contributed by atoms with van der Waals surface area (Å²) in [5.74, 6) is 1.54. The summed E-state index contributed by atoms with van der Waals surface area (Å²) >= 11 is 6.01. The number of rotatable bonds is 5. The number of piperazine rings is 1. The van der Waals surface area contributed by atoms with Gasteiger partial charge in [-0.15, -0.1) is 5.10 Å². The third-order valence-electron chi connectivity index (χ3n) is 5.80. The van der Waals surface area contributed by atoms with Crippen molar-refractivity contribution in [1.29, 1.82) is 0 Å². The normalized spacial score (nSPS) is 13.9. The Morgan fingerprint density at radius 2 is 1.62 bits per heavy atom. The number of methoxy groups -OCH3 is 2. The van der Waals surface area contributed by atoms with Gasteiger partial charge in [-0.25, -0.2) is 9.97 Å². The lowest BCUT2D eigenvalue weighted by molar-refractivity contribution is 0.0739. The van der Waals surface area contributed by atoms with Gasteiger partial charge in [-0.05, 0) is 36.4 Å². The number of carbonyl (C=O) groups is 1.